The predicted molar refractivity (Wildman–Crippen MR) is 119 cm³/mol. The average molecular weight is 477 g/mol. The van der Waals surface area contributed by atoms with Crippen LogP contribution in [0.3, 0.4) is 0 Å². The van der Waals surface area contributed by atoms with Crippen molar-refractivity contribution in [1.29, 1.82) is 0 Å². The second-order valence-corrected chi connectivity index (χ2v) is 9.14. The highest BCUT2D eigenvalue weighted by molar-refractivity contribution is 7.92. The molecule has 3 aromatic rings. The van der Waals surface area contributed by atoms with Crippen LogP contribution in [0.2, 0.25) is 5.02 Å². The fourth-order valence-corrected chi connectivity index (χ4v) is 4.34. The van der Waals surface area contributed by atoms with E-state index in [1.54, 1.807) is 24.3 Å². The molecule has 4 rings (SSSR count). The molecule has 166 valence electrons. The topological polar surface area (TPSA) is 93.7 Å². The van der Waals surface area contributed by atoms with Crippen LogP contribution < -0.4 is 19.5 Å². The lowest BCUT2D eigenvalue weighted by molar-refractivity contribution is 0.101. The Hall–Kier alpha value is -3.30. The molecule has 0 aromatic heterocycles. The SMILES string of the molecule is Cc1ccc(NS(=O)(=O)c2cc3c(c(C(=O)Nc4ccc(F)c(Cl)c4)c2)OCCO3)cc1. The normalized spacial score (nSPS) is 12.8. The third-order valence-electron chi connectivity index (χ3n) is 4.65. The van der Waals surface area contributed by atoms with Gasteiger partial charge in [-0.15, -0.1) is 0 Å². The predicted octanol–water partition coefficient (Wildman–Crippen LogP) is 4.61. The molecule has 1 amide bonds. The van der Waals surface area contributed by atoms with Crippen LogP contribution >= 0.6 is 11.6 Å². The molecule has 32 heavy (non-hydrogen) atoms. The number of fused-ring (bicyclic) bond motifs is 1. The van der Waals surface area contributed by atoms with E-state index in [0.717, 1.165) is 11.6 Å². The van der Waals surface area contributed by atoms with Crippen LogP contribution in [0.5, 0.6) is 11.5 Å². The first-order chi connectivity index (χ1) is 15.2. The molecule has 0 atom stereocenters. The van der Waals surface area contributed by atoms with E-state index in [1.807, 2.05) is 6.92 Å². The Morgan fingerprint density at radius 2 is 1.69 bits per heavy atom. The number of halogens is 2. The number of hydrogen-bond donors (Lipinski definition) is 2. The summed E-state index contributed by atoms with van der Waals surface area (Å²) >= 11 is 5.77. The van der Waals surface area contributed by atoms with E-state index in [1.165, 1.54) is 24.3 Å². The Labute approximate surface area is 189 Å². The maximum Gasteiger partial charge on any atom is 0.262 e. The molecule has 1 heterocycles. The first-order valence-corrected chi connectivity index (χ1v) is 11.4. The Kier molecular flexibility index (Phi) is 5.94. The molecule has 0 aliphatic carbocycles. The van der Waals surface area contributed by atoms with E-state index in [9.17, 15) is 17.6 Å². The minimum Gasteiger partial charge on any atom is -0.486 e. The lowest BCUT2D eigenvalue weighted by Gasteiger charge is -2.22. The summed E-state index contributed by atoms with van der Waals surface area (Å²) in [5.41, 5.74) is 1.54. The monoisotopic (exact) mass is 476 g/mol. The lowest BCUT2D eigenvalue weighted by atomic mass is 10.1. The van der Waals surface area contributed by atoms with Crippen molar-refractivity contribution in [1.82, 2.24) is 0 Å². The second-order valence-electron chi connectivity index (χ2n) is 7.05. The molecule has 0 fully saturated rings. The maximum atomic E-state index is 13.4. The number of sulfonamides is 1. The fraction of sp³-hybridized carbons (Fsp3) is 0.136. The highest BCUT2D eigenvalue weighted by atomic mass is 35.5. The third kappa shape index (κ3) is 4.63. The molecular weight excluding hydrogens is 459 g/mol. The van der Waals surface area contributed by atoms with Crippen molar-refractivity contribution in [2.75, 3.05) is 23.3 Å². The van der Waals surface area contributed by atoms with Crippen LogP contribution in [0.1, 0.15) is 15.9 Å². The molecule has 0 saturated heterocycles. The molecule has 2 N–H and O–H groups in total. The molecule has 1 aliphatic heterocycles. The van der Waals surface area contributed by atoms with Gasteiger partial charge in [0.05, 0.1) is 15.5 Å². The first-order valence-electron chi connectivity index (χ1n) is 9.52. The number of aryl methyl sites for hydroxylation is 1. The van der Waals surface area contributed by atoms with Gasteiger partial charge < -0.3 is 14.8 Å². The zero-order valence-corrected chi connectivity index (χ0v) is 18.4. The van der Waals surface area contributed by atoms with Gasteiger partial charge in [-0.05, 0) is 43.3 Å². The number of benzene rings is 3. The van der Waals surface area contributed by atoms with Crippen LogP contribution in [-0.4, -0.2) is 27.5 Å². The number of carbonyl (C=O) groups excluding carboxylic acids is 1. The van der Waals surface area contributed by atoms with Crippen LogP contribution in [0.4, 0.5) is 15.8 Å². The van der Waals surface area contributed by atoms with E-state index in [-0.39, 0.29) is 45.9 Å². The molecule has 3 aromatic carbocycles. The van der Waals surface area contributed by atoms with Crippen molar-refractivity contribution in [3.63, 3.8) is 0 Å². The van der Waals surface area contributed by atoms with E-state index in [4.69, 9.17) is 21.1 Å². The summed E-state index contributed by atoms with van der Waals surface area (Å²) in [6.07, 6.45) is 0. The van der Waals surface area contributed by atoms with Gasteiger partial charge in [-0.1, -0.05) is 29.3 Å². The number of anilines is 2. The summed E-state index contributed by atoms with van der Waals surface area (Å²) in [6, 6.07) is 13.0. The van der Waals surface area contributed by atoms with Gasteiger partial charge in [-0.3, -0.25) is 9.52 Å². The van der Waals surface area contributed by atoms with E-state index in [2.05, 4.69) is 10.0 Å². The van der Waals surface area contributed by atoms with Crippen molar-refractivity contribution >= 4 is 38.9 Å². The Morgan fingerprint density at radius 3 is 2.41 bits per heavy atom. The molecule has 0 radical (unpaired) electrons. The van der Waals surface area contributed by atoms with Crippen molar-refractivity contribution in [2.24, 2.45) is 0 Å². The molecule has 0 spiro atoms. The summed E-state index contributed by atoms with van der Waals surface area (Å²) in [6.45, 7) is 2.29. The Bertz CT molecular complexity index is 1300. The van der Waals surface area contributed by atoms with Crippen molar-refractivity contribution in [3.8, 4) is 11.5 Å². The molecular formula is C22H18ClFN2O5S. The molecule has 1 aliphatic rings. The van der Waals surface area contributed by atoms with Gasteiger partial charge in [0.15, 0.2) is 11.5 Å². The third-order valence-corrected chi connectivity index (χ3v) is 6.30. The van der Waals surface area contributed by atoms with Crippen LogP contribution in [0.25, 0.3) is 0 Å². The minimum atomic E-state index is -4.04. The maximum absolute atomic E-state index is 13.4. The molecule has 0 bridgehead atoms. The van der Waals surface area contributed by atoms with Gasteiger partial charge in [0.25, 0.3) is 15.9 Å². The molecule has 0 unspecified atom stereocenters. The summed E-state index contributed by atoms with van der Waals surface area (Å²) in [5.74, 6) is -1.04. The highest BCUT2D eigenvalue weighted by Crippen LogP contribution is 2.37. The largest absolute Gasteiger partial charge is 0.486 e. The summed E-state index contributed by atoms with van der Waals surface area (Å²) < 4.78 is 53.0. The minimum absolute atomic E-state index is 0.0491. The Balaban J connectivity index is 1.70. The zero-order chi connectivity index (χ0) is 22.9. The Morgan fingerprint density at radius 1 is 1.00 bits per heavy atom. The van der Waals surface area contributed by atoms with Crippen molar-refractivity contribution in [2.45, 2.75) is 11.8 Å². The molecule has 0 saturated carbocycles. The smallest absolute Gasteiger partial charge is 0.262 e. The van der Waals surface area contributed by atoms with Gasteiger partial charge in [0.1, 0.15) is 19.0 Å². The number of rotatable bonds is 5. The van der Waals surface area contributed by atoms with Crippen molar-refractivity contribution in [3.05, 3.63) is 76.6 Å². The lowest BCUT2D eigenvalue weighted by Crippen LogP contribution is -2.22. The summed E-state index contributed by atoms with van der Waals surface area (Å²) in [7, 11) is -4.04. The van der Waals surface area contributed by atoms with Gasteiger partial charge in [-0.25, -0.2) is 12.8 Å². The van der Waals surface area contributed by atoms with Crippen molar-refractivity contribution < 1.29 is 27.1 Å². The van der Waals surface area contributed by atoms with Gasteiger partial charge in [-0.2, -0.15) is 0 Å². The number of amides is 1. The zero-order valence-electron chi connectivity index (χ0n) is 16.8. The van der Waals surface area contributed by atoms with Crippen LogP contribution in [-0.2, 0) is 10.0 Å². The van der Waals surface area contributed by atoms with E-state index < -0.39 is 21.7 Å². The number of hydrogen-bond acceptors (Lipinski definition) is 5. The number of nitrogens with one attached hydrogen (secondary N) is 2. The average Bonchev–Trinajstić information content (AvgIpc) is 2.77. The molecule has 7 nitrogen and oxygen atoms in total. The van der Waals surface area contributed by atoms with Gasteiger partial charge >= 0.3 is 0 Å². The van der Waals surface area contributed by atoms with Gasteiger partial charge in [0, 0.05) is 17.4 Å². The van der Waals surface area contributed by atoms with E-state index in [0.29, 0.717) is 5.69 Å². The number of ether oxygens (including phenoxy) is 2. The molecule has 10 heteroatoms. The quantitative estimate of drug-likeness (QED) is 0.560. The number of carbonyl (C=O) groups is 1. The fourth-order valence-electron chi connectivity index (χ4n) is 3.06. The highest BCUT2D eigenvalue weighted by Gasteiger charge is 2.27. The summed E-state index contributed by atoms with van der Waals surface area (Å²) in [5, 5.41) is 2.41. The standard InChI is InChI=1S/C22H18ClFN2O5S/c1-13-2-4-14(5-3-13)26-32(28,29)16-11-17(21-20(12-16)30-8-9-31-21)22(27)25-15-6-7-19(24)18(23)10-15/h2-7,10-12,26H,8-9H2,1H3,(H,25,27). The van der Waals surface area contributed by atoms with Crippen LogP contribution in [0, 0.1) is 12.7 Å². The summed E-state index contributed by atoms with van der Waals surface area (Å²) in [4.78, 5) is 12.8. The first kappa shape index (κ1) is 21.9. The van der Waals surface area contributed by atoms with Gasteiger partial charge in [0.2, 0.25) is 0 Å². The van der Waals surface area contributed by atoms with E-state index >= 15 is 0 Å². The second kappa shape index (κ2) is 8.68. The van der Waals surface area contributed by atoms with Crippen LogP contribution in [0.15, 0.2) is 59.5 Å².